The topological polar surface area (TPSA) is 95.9 Å². The molecule has 0 bridgehead atoms. The summed E-state index contributed by atoms with van der Waals surface area (Å²) in [6.07, 6.45) is 61.6. The number of nitrogens with one attached hydrogen (secondary N) is 1. The lowest BCUT2D eigenvalue weighted by atomic mass is 10.0. The number of unbranched alkanes of at least 4 members (excludes halogenated alkanes) is 36. The van der Waals surface area contributed by atoms with E-state index >= 15 is 0 Å². The smallest absolute Gasteiger partial charge is 0.305 e. The zero-order valence-corrected chi connectivity index (χ0v) is 41.6. The molecule has 6 nitrogen and oxygen atoms in total. The zero-order chi connectivity index (χ0) is 45.1. The van der Waals surface area contributed by atoms with Crippen LogP contribution in [0.25, 0.3) is 0 Å². The van der Waals surface area contributed by atoms with Crippen LogP contribution in [0.4, 0.5) is 0 Å². The Kier molecular flexibility index (Phi) is 50.6. The summed E-state index contributed by atoms with van der Waals surface area (Å²) in [5.41, 5.74) is 0. The van der Waals surface area contributed by atoms with E-state index in [-0.39, 0.29) is 18.5 Å². The van der Waals surface area contributed by atoms with E-state index in [4.69, 9.17) is 4.74 Å². The Balaban J connectivity index is 3.40. The molecule has 0 spiro atoms. The van der Waals surface area contributed by atoms with E-state index in [0.717, 1.165) is 57.8 Å². The zero-order valence-electron chi connectivity index (χ0n) is 41.6. The van der Waals surface area contributed by atoms with E-state index in [1.807, 2.05) is 0 Å². The van der Waals surface area contributed by atoms with Gasteiger partial charge in [-0.1, -0.05) is 250 Å². The number of carbonyl (C=O) groups is 2. The molecule has 0 aromatic carbocycles. The van der Waals surface area contributed by atoms with Crippen molar-refractivity contribution in [3.63, 3.8) is 0 Å². The number of aliphatic hydroxyl groups excluding tert-OH is 2. The number of carbonyl (C=O) groups excluding carboxylic acids is 2. The number of hydrogen-bond donors (Lipinski definition) is 3. The first kappa shape index (κ1) is 60.3. The number of amides is 1. The van der Waals surface area contributed by atoms with E-state index in [9.17, 15) is 19.8 Å². The van der Waals surface area contributed by atoms with Gasteiger partial charge in [0.05, 0.1) is 25.4 Å². The molecule has 0 aliphatic heterocycles. The molecule has 0 aliphatic rings. The van der Waals surface area contributed by atoms with Gasteiger partial charge in [0.25, 0.3) is 0 Å². The van der Waals surface area contributed by atoms with Gasteiger partial charge in [-0.05, 0) is 57.8 Å². The van der Waals surface area contributed by atoms with Crippen LogP contribution in [0.2, 0.25) is 0 Å². The van der Waals surface area contributed by atoms with Gasteiger partial charge >= 0.3 is 5.97 Å². The molecule has 2 unspecified atom stereocenters. The van der Waals surface area contributed by atoms with Gasteiger partial charge in [-0.25, -0.2) is 0 Å². The summed E-state index contributed by atoms with van der Waals surface area (Å²) < 4.78 is 5.48. The highest BCUT2D eigenvalue weighted by Gasteiger charge is 2.20. The van der Waals surface area contributed by atoms with E-state index in [1.165, 1.54) is 205 Å². The van der Waals surface area contributed by atoms with Gasteiger partial charge in [0.1, 0.15) is 0 Å². The summed E-state index contributed by atoms with van der Waals surface area (Å²) in [6.45, 7) is 4.90. The van der Waals surface area contributed by atoms with Crippen molar-refractivity contribution in [3.05, 3.63) is 24.3 Å². The van der Waals surface area contributed by atoms with Gasteiger partial charge in [0.15, 0.2) is 0 Å². The highest BCUT2D eigenvalue weighted by Crippen LogP contribution is 2.17. The summed E-state index contributed by atoms with van der Waals surface area (Å²) in [7, 11) is 0. The Morgan fingerprint density at radius 3 is 1.26 bits per heavy atom. The summed E-state index contributed by atoms with van der Waals surface area (Å²) >= 11 is 0. The number of hydrogen-bond acceptors (Lipinski definition) is 5. The van der Waals surface area contributed by atoms with Crippen molar-refractivity contribution in [2.45, 2.75) is 309 Å². The molecule has 0 radical (unpaired) electrons. The quantitative estimate of drug-likeness (QED) is 0.0321. The monoisotopic (exact) mass is 874 g/mol. The lowest BCUT2D eigenvalue weighted by Gasteiger charge is -2.22. The van der Waals surface area contributed by atoms with E-state index in [2.05, 4.69) is 43.5 Å². The fourth-order valence-electron chi connectivity index (χ4n) is 8.49. The predicted octanol–water partition coefficient (Wildman–Crippen LogP) is 16.7. The fraction of sp³-hybridized carbons (Fsp3) is 0.893. The lowest BCUT2D eigenvalue weighted by Crippen LogP contribution is -2.45. The van der Waals surface area contributed by atoms with Gasteiger partial charge in [-0.15, -0.1) is 0 Å². The van der Waals surface area contributed by atoms with Crippen molar-refractivity contribution >= 4 is 11.9 Å². The average molecular weight is 874 g/mol. The van der Waals surface area contributed by atoms with Crippen LogP contribution < -0.4 is 5.32 Å². The molecule has 1 amide bonds. The molecule has 62 heavy (non-hydrogen) atoms. The molecule has 0 aromatic rings. The number of ether oxygens (including phenoxy) is 1. The second-order valence-electron chi connectivity index (χ2n) is 18.9. The molecule has 6 heteroatoms. The van der Waals surface area contributed by atoms with Gasteiger partial charge in [0.2, 0.25) is 5.91 Å². The first-order valence-corrected chi connectivity index (χ1v) is 27.6. The number of aliphatic hydroxyl groups is 2. The second-order valence-corrected chi connectivity index (χ2v) is 18.9. The van der Waals surface area contributed by atoms with Crippen molar-refractivity contribution in [3.8, 4) is 0 Å². The van der Waals surface area contributed by atoms with Crippen LogP contribution in [0.15, 0.2) is 24.3 Å². The maximum absolute atomic E-state index is 12.4. The molecule has 0 fully saturated rings. The van der Waals surface area contributed by atoms with Crippen LogP contribution in [0.3, 0.4) is 0 Å². The third-order valence-electron chi connectivity index (χ3n) is 12.8. The van der Waals surface area contributed by atoms with Crippen LogP contribution in [0.1, 0.15) is 296 Å². The Labute approximate surface area is 386 Å². The van der Waals surface area contributed by atoms with Crippen LogP contribution in [0.5, 0.6) is 0 Å². The second kappa shape index (κ2) is 52.0. The van der Waals surface area contributed by atoms with Crippen molar-refractivity contribution < 1.29 is 24.5 Å². The molecule has 2 atom stereocenters. The maximum Gasteiger partial charge on any atom is 0.305 e. The Morgan fingerprint density at radius 2 is 0.806 bits per heavy atom. The van der Waals surface area contributed by atoms with Crippen molar-refractivity contribution in [2.24, 2.45) is 0 Å². The summed E-state index contributed by atoms with van der Waals surface area (Å²) in [5, 5.41) is 23.2. The summed E-state index contributed by atoms with van der Waals surface area (Å²) in [5.74, 6) is -0.0475. The molecule has 0 saturated heterocycles. The summed E-state index contributed by atoms with van der Waals surface area (Å²) in [6, 6.07) is -0.546. The van der Waals surface area contributed by atoms with E-state index < -0.39 is 12.1 Å². The number of rotatable bonds is 51. The normalized spacial score (nSPS) is 12.8. The molecule has 3 N–H and O–H groups in total. The van der Waals surface area contributed by atoms with Crippen LogP contribution in [-0.4, -0.2) is 47.4 Å². The molecular weight excluding hydrogens is 767 g/mol. The van der Waals surface area contributed by atoms with Gasteiger partial charge in [-0.3, -0.25) is 9.59 Å². The fourth-order valence-corrected chi connectivity index (χ4v) is 8.49. The predicted molar refractivity (Wildman–Crippen MR) is 269 cm³/mol. The minimum atomic E-state index is -0.668. The molecule has 0 aromatic heterocycles. The third kappa shape index (κ3) is 47.8. The van der Waals surface area contributed by atoms with Crippen molar-refractivity contribution in [1.29, 1.82) is 0 Å². The van der Waals surface area contributed by atoms with E-state index in [0.29, 0.717) is 25.9 Å². The first-order valence-electron chi connectivity index (χ1n) is 27.6. The Bertz CT molecular complexity index is 966. The largest absolute Gasteiger partial charge is 0.466 e. The summed E-state index contributed by atoms with van der Waals surface area (Å²) in [4.78, 5) is 24.5. The van der Waals surface area contributed by atoms with Crippen LogP contribution in [0, 0.1) is 0 Å². The van der Waals surface area contributed by atoms with Gasteiger partial charge < -0.3 is 20.3 Å². The average Bonchev–Trinajstić information content (AvgIpc) is 3.27. The minimum Gasteiger partial charge on any atom is -0.466 e. The molecular formula is C56H107NO5. The molecule has 0 saturated carbocycles. The SMILES string of the molecule is CCCCC/C=C\C/C=C\CCCCCCCCCCCC(=O)OCCCCCCCCCCCCCCCCCC(=O)NC(CO)C(O)CCCCCCCCCCCCC. The highest BCUT2D eigenvalue weighted by molar-refractivity contribution is 5.76. The van der Waals surface area contributed by atoms with Gasteiger partial charge in [0, 0.05) is 12.8 Å². The molecule has 0 rings (SSSR count). The standard InChI is InChI=1S/C56H107NO5/c1-3-5-7-9-11-13-15-16-17-18-19-20-23-26-30-34-38-42-46-50-56(61)62-51-47-43-39-35-31-27-24-21-22-25-29-33-37-41-45-49-55(60)57-53(52-58)54(59)48-44-40-36-32-28-14-12-10-8-6-4-2/h11,13,16-17,53-54,58-59H,3-10,12,14-15,18-52H2,1-2H3,(H,57,60)/b13-11-,17-16-. The van der Waals surface area contributed by atoms with Gasteiger partial charge in [-0.2, -0.15) is 0 Å². The number of allylic oxidation sites excluding steroid dienone is 4. The van der Waals surface area contributed by atoms with Crippen molar-refractivity contribution in [2.75, 3.05) is 13.2 Å². The number of esters is 1. The first-order chi connectivity index (χ1) is 30.5. The molecule has 366 valence electrons. The maximum atomic E-state index is 12.4. The lowest BCUT2D eigenvalue weighted by molar-refractivity contribution is -0.143. The van der Waals surface area contributed by atoms with Crippen LogP contribution >= 0.6 is 0 Å². The minimum absolute atomic E-state index is 0.00312. The Hall–Kier alpha value is -1.66. The van der Waals surface area contributed by atoms with E-state index in [1.54, 1.807) is 0 Å². The molecule has 0 heterocycles. The molecule has 0 aliphatic carbocycles. The third-order valence-corrected chi connectivity index (χ3v) is 12.8. The highest BCUT2D eigenvalue weighted by atomic mass is 16.5. The Morgan fingerprint density at radius 1 is 0.452 bits per heavy atom. The van der Waals surface area contributed by atoms with Crippen molar-refractivity contribution in [1.82, 2.24) is 5.32 Å². The van der Waals surface area contributed by atoms with Crippen LogP contribution in [-0.2, 0) is 14.3 Å².